The van der Waals surface area contributed by atoms with E-state index in [4.69, 9.17) is 5.11 Å². The maximum absolute atomic E-state index is 12.6. The molecule has 0 saturated heterocycles. The first kappa shape index (κ1) is 17.0. The zero-order chi connectivity index (χ0) is 16.7. The highest BCUT2D eigenvalue weighted by Gasteiger charge is 2.42. The summed E-state index contributed by atoms with van der Waals surface area (Å²) in [7, 11) is 0. The standard InChI is InChI=1S/C18H22N2O3/c19-13-18(10-4-5-11-18)17(23)20-15(8-9-16(21)22)12-14-6-2-1-3-7-14/h1-3,6-7,15H,4-5,8-12H2,(H,20,23)(H,21,22). The van der Waals surface area contributed by atoms with Crippen LogP contribution in [0, 0.1) is 16.7 Å². The molecule has 0 heterocycles. The third-order valence-electron chi connectivity index (χ3n) is 4.47. The lowest BCUT2D eigenvalue weighted by Gasteiger charge is -2.25. The van der Waals surface area contributed by atoms with Crippen molar-refractivity contribution in [1.82, 2.24) is 5.32 Å². The molecule has 1 atom stereocenters. The summed E-state index contributed by atoms with van der Waals surface area (Å²) in [5, 5.41) is 21.2. The van der Waals surface area contributed by atoms with Crippen molar-refractivity contribution >= 4 is 11.9 Å². The van der Waals surface area contributed by atoms with E-state index in [2.05, 4.69) is 11.4 Å². The van der Waals surface area contributed by atoms with Gasteiger partial charge < -0.3 is 10.4 Å². The third kappa shape index (κ3) is 4.56. The largest absolute Gasteiger partial charge is 0.481 e. The Morgan fingerprint density at radius 2 is 1.91 bits per heavy atom. The van der Waals surface area contributed by atoms with E-state index >= 15 is 0 Å². The Kier molecular flexibility index (Phi) is 5.75. The molecular weight excluding hydrogens is 292 g/mol. The second-order valence-electron chi connectivity index (χ2n) is 6.19. The van der Waals surface area contributed by atoms with Crippen LogP contribution in [0.3, 0.4) is 0 Å². The van der Waals surface area contributed by atoms with E-state index in [1.807, 2.05) is 30.3 Å². The van der Waals surface area contributed by atoms with E-state index in [1.165, 1.54) is 0 Å². The fraction of sp³-hybridized carbons (Fsp3) is 0.500. The van der Waals surface area contributed by atoms with Gasteiger partial charge in [-0.2, -0.15) is 5.26 Å². The van der Waals surface area contributed by atoms with Gasteiger partial charge in [-0.1, -0.05) is 43.2 Å². The maximum Gasteiger partial charge on any atom is 0.303 e. The fourth-order valence-electron chi connectivity index (χ4n) is 3.11. The van der Waals surface area contributed by atoms with Crippen LogP contribution in [0.25, 0.3) is 0 Å². The zero-order valence-corrected chi connectivity index (χ0v) is 13.1. The molecule has 5 nitrogen and oxygen atoms in total. The summed E-state index contributed by atoms with van der Waals surface area (Å²) in [5.74, 6) is -1.13. The predicted molar refractivity (Wildman–Crippen MR) is 85.5 cm³/mol. The Balaban J connectivity index is 2.05. The van der Waals surface area contributed by atoms with Gasteiger partial charge in [-0.25, -0.2) is 0 Å². The molecule has 1 aromatic carbocycles. The van der Waals surface area contributed by atoms with Crippen molar-refractivity contribution in [3.8, 4) is 6.07 Å². The number of aliphatic carboxylic acids is 1. The Morgan fingerprint density at radius 1 is 1.26 bits per heavy atom. The Labute approximate surface area is 136 Å². The van der Waals surface area contributed by atoms with Gasteiger partial charge in [-0.3, -0.25) is 9.59 Å². The van der Waals surface area contributed by atoms with Crippen molar-refractivity contribution in [2.45, 2.75) is 51.0 Å². The molecule has 1 amide bonds. The Hall–Kier alpha value is -2.35. The van der Waals surface area contributed by atoms with Crippen LogP contribution >= 0.6 is 0 Å². The van der Waals surface area contributed by atoms with E-state index in [1.54, 1.807) is 0 Å². The number of nitrogens with one attached hydrogen (secondary N) is 1. The van der Waals surface area contributed by atoms with E-state index in [-0.39, 0.29) is 18.4 Å². The van der Waals surface area contributed by atoms with Gasteiger partial charge in [-0.15, -0.1) is 0 Å². The van der Waals surface area contributed by atoms with Crippen molar-refractivity contribution in [3.63, 3.8) is 0 Å². The number of carbonyl (C=O) groups is 2. The minimum atomic E-state index is -0.932. The van der Waals surface area contributed by atoms with Crippen LogP contribution < -0.4 is 5.32 Å². The molecule has 1 unspecified atom stereocenters. The van der Waals surface area contributed by atoms with Gasteiger partial charge in [0, 0.05) is 12.5 Å². The lowest BCUT2D eigenvalue weighted by molar-refractivity contribution is -0.137. The minimum Gasteiger partial charge on any atom is -0.481 e. The summed E-state index contributed by atoms with van der Waals surface area (Å²) in [5.41, 5.74) is 0.110. The van der Waals surface area contributed by atoms with E-state index in [0.29, 0.717) is 25.7 Å². The van der Waals surface area contributed by atoms with Crippen molar-refractivity contribution in [2.75, 3.05) is 0 Å². The molecule has 1 fully saturated rings. The number of carboxylic acids is 1. The van der Waals surface area contributed by atoms with Crippen LogP contribution in [0.15, 0.2) is 30.3 Å². The summed E-state index contributed by atoms with van der Waals surface area (Å²) in [6, 6.07) is 11.6. The first-order valence-corrected chi connectivity index (χ1v) is 8.04. The summed E-state index contributed by atoms with van der Waals surface area (Å²) in [6.07, 6.45) is 3.88. The van der Waals surface area contributed by atoms with Gasteiger partial charge >= 0.3 is 5.97 Å². The Bertz CT molecular complexity index is 586. The van der Waals surface area contributed by atoms with Crippen molar-refractivity contribution < 1.29 is 14.7 Å². The molecule has 1 aromatic rings. The molecule has 23 heavy (non-hydrogen) atoms. The number of rotatable bonds is 7. The molecule has 0 radical (unpaired) electrons. The molecule has 2 rings (SSSR count). The average molecular weight is 314 g/mol. The first-order valence-electron chi connectivity index (χ1n) is 8.04. The number of nitriles is 1. The molecule has 0 bridgehead atoms. The SMILES string of the molecule is N#CC1(C(=O)NC(CCC(=O)O)Cc2ccccc2)CCCC1. The molecule has 5 heteroatoms. The van der Waals surface area contributed by atoms with Crippen LogP contribution in [0.2, 0.25) is 0 Å². The van der Waals surface area contributed by atoms with E-state index < -0.39 is 11.4 Å². The van der Waals surface area contributed by atoms with Gasteiger partial charge in [0.1, 0.15) is 5.41 Å². The van der Waals surface area contributed by atoms with Crippen LogP contribution in [-0.4, -0.2) is 23.0 Å². The number of amides is 1. The van der Waals surface area contributed by atoms with Crippen LogP contribution in [0.5, 0.6) is 0 Å². The lowest BCUT2D eigenvalue weighted by atomic mass is 9.86. The maximum atomic E-state index is 12.6. The molecule has 122 valence electrons. The zero-order valence-electron chi connectivity index (χ0n) is 13.1. The smallest absolute Gasteiger partial charge is 0.303 e. The topological polar surface area (TPSA) is 90.2 Å². The number of carboxylic acid groups (broad SMARTS) is 1. The molecule has 0 spiro atoms. The summed E-state index contributed by atoms with van der Waals surface area (Å²) < 4.78 is 0. The number of hydrogen-bond acceptors (Lipinski definition) is 3. The molecule has 1 aliphatic rings. The molecule has 2 N–H and O–H groups in total. The highest BCUT2D eigenvalue weighted by molar-refractivity contribution is 5.86. The quantitative estimate of drug-likeness (QED) is 0.809. The van der Waals surface area contributed by atoms with Crippen LogP contribution in [0.4, 0.5) is 0 Å². The second kappa shape index (κ2) is 7.77. The number of hydrogen-bond donors (Lipinski definition) is 2. The number of carbonyl (C=O) groups excluding carboxylic acids is 1. The van der Waals surface area contributed by atoms with E-state index in [9.17, 15) is 14.9 Å². The van der Waals surface area contributed by atoms with Gasteiger partial charge in [0.25, 0.3) is 0 Å². The summed E-state index contributed by atoms with van der Waals surface area (Å²) in [6.45, 7) is 0. The molecule has 0 aromatic heterocycles. The van der Waals surface area contributed by atoms with Gasteiger partial charge in [0.05, 0.1) is 6.07 Å². The normalized spacial score (nSPS) is 17.2. The summed E-state index contributed by atoms with van der Waals surface area (Å²) in [4.78, 5) is 23.4. The van der Waals surface area contributed by atoms with Gasteiger partial charge in [0.15, 0.2) is 0 Å². The minimum absolute atomic E-state index is 0.00265. The van der Waals surface area contributed by atoms with Crippen molar-refractivity contribution in [3.05, 3.63) is 35.9 Å². The molecular formula is C18H22N2O3. The van der Waals surface area contributed by atoms with Crippen LogP contribution in [0.1, 0.15) is 44.1 Å². The van der Waals surface area contributed by atoms with Crippen LogP contribution in [-0.2, 0) is 16.0 Å². The first-order chi connectivity index (χ1) is 11.1. The molecule has 1 aliphatic carbocycles. The van der Waals surface area contributed by atoms with Gasteiger partial charge in [0.2, 0.25) is 5.91 Å². The average Bonchev–Trinajstić information content (AvgIpc) is 3.04. The monoisotopic (exact) mass is 314 g/mol. The second-order valence-corrected chi connectivity index (χ2v) is 6.19. The highest BCUT2D eigenvalue weighted by atomic mass is 16.4. The predicted octanol–water partition coefficient (Wildman–Crippen LogP) is 2.66. The Morgan fingerprint density at radius 3 is 2.48 bits per heavy atom. The summed E-state index contributed by atoms with van der Waals surface area (Å²) >= 11 is 0. The third-order valence-corrected chi connectivity index (χ3v) is 4.47. The van der Waals surface area contributed by atoms with Crippen molar-refractivity contribution in [1.29, 1.82) is 5.26 Å². The highest BCUT2D eigenvalue weighted by Crippen LogP contribution is 2.37. The van der Waals surface area contributed by atoms with E-state index in [0.717, 1.165) is 18.4 Å². The lowest BCUT2D eigenvalue weighted by Crippen LogP contribution is -2.45. The van der Waals surface area contributed by atoms with Gasteiger partial charge in [-0.05, 0) is 31.2 Å². The number of nitrogens with zero attached hydrogens (tertiary/aromatic N) is 1. The number of benzene rings is 1. The van der Waals surface area contributed by atoms with Crippen molar-refractivity contribution in [2.24, 2.45) is 5.41 Å². The molecule has 1 saturated carbocycles. The molecule has 0 aliphatic heterocycles. The fourth-order valence-corrected chi connectivity index (χ4v) is 3.11.